The molecule has 2 atom stereocenters. The highest BCUT2D eigenvalue weighted by Crippen LogP contribution is 2.33. The second-order valence-corrected chi connectivity index (χ2v) is 4.93. The Labute approximate surface area is 108 Å². The minimum Gasteiger partial charge on any atom is -0.508 e. The molecule has 1 heterocycles. The van der Waals surface area contributed by atoms with Crippen molar-refractivity contribution in [3.63, 3.8) is 0 Å². The van der Waals surface area contributed by atoms with Crippen LogP contribution in [0.5, 0.6) is 5.75 Å². The summed E-state index contributed by atoms with van der Waals surface area (Å²) in [5.41, 5.74) is 0.968. The predicted molar refractivity (Wildman–Crippen MR) is 69.2 cm³/mol. The van der Waals surface area contributed by atoms with Crippen LogP contribution >= 0.6 is 0 Å². The molecule has 98 valence electrons. The lowest BCUT2D eigenvalue weighted by molar-refractivity contribution is -0.161. The zero-order valence-corrected chi connectivity index (χ0v) is 10.8. The summed E-state index contributed by atoms with van der Waals surface area (Å²) in [6.07, 6.45) is 4.79. The van der Waals surface area contributed by atoms with E-state index in [4.69, 9.17) is 4.74 Å². The SMILES string of the molecule is CCCC[C@@H]1CC[C@@H](c2ccc(O)cc2)OC1=O. The molecule has 1 fully saturated rings. The molecule has 3 nitrogen and oxygen atoms in total. The minimum atomic E-state index is -0.143. The van der Waals surface area contributed by atoms with E-state index in [0.29, 0.717) is 0 Å². The zero-order valence-electron chi connectivity index (χ0n) is 10.8. The summed E-state index contributed by atoms with van der Waals surface area (Å²) < 4.78 is 5.50. The van der Waals surface area contributed by atoms with Gasteiger partial charge in [0.15, 0.2) is 0 Å². The number of unbranched alkanes of at least 4 members (excludes halogenated alkanes) is 1. The fourth-order valence-corrected chi connectivity index (χ4v) is 2.40. The van der Waals surface area contributed by atoms with Crippen LogP contribution in [0.4, 0.5) is 0 Å². The van der Waals surface area contributed by atoms with Gasteiger partial charge in [-0.05, 0) is 37.0 Å². The Bertz CT molecular complexity index is 397. The third kappa shape index (κ3) is 3.03. The Morgan fingerprint density at radius 2 is 2.00 bits per heavy atom. The molecule has 1 saturated heterocycles. The Hall–Kier alpha value is -1.51. The van der Waals surface area contributed by atoms with E-state index in [9.17, 15) is 9.90 Å². The fraction of sp³-hybridized carbons (Fsp3) is 0.533. The first-order valence-electron chi connectivity index (χ1n) is 6.70. The molecule has 1 aromatic rings. The maximum Gasteiger partial charge on any atom is 0.309 e. The van der Waals surface area contributed by atoms with Gasteiger partial charge in [-0.3, -0.25) is 4.79 Å². The smallest absolute Gasteiger partial charge is 0.309 e. The number of carbonyl (C=O) groups is 1. The van der Waals surface area contributed by atoms with E-state index >= 15 is 0 Å². The summed E-state index contributed by atoms with van der Waals surface area (Å²) in [5.74, 6) is 0.257. The minimum absolute atomic E-state index is 0.0622. The lowest BCUT2D eigenvalue weighted by Crippen LogP contribution is -2.26. The van der Waals surface area contributed by atoms with Crippen molar-refractivity contribution in [1.29, 1.82) is 0 Å². The maximum absolute atomic E-state index is 11.9. The average molecular weight is 248 g/mol. The number of phenolic OH excluding ortho intramolecular Hbond substituents is 1. The van der Waals surface area contributed by atoms with Crippen LogP contribution in [0, 0.1) is 5.92 Å². The Morgan fingerprint density at radius 3 is 2.61 bits per heavy atom. The lowest BCUT2D eigenvalue weighted by atomic mass is 9.90. The summed E-state index contributed by atoms with van der Waals surface area (Å²) in [5, 5.41) is 9.24. The Balaban J connectivity index is 1.95. The first-order valence-corrected chi connectivity index (χ1v) is 6.70. The monoisotopic (exact) mass is 248 g/mol. The van der Waals surface area contributed by atoms with Gasteiger partial charge >= 0.3 is 5.97 Å². The van der Waals surface area contributed by atoms with Gasteiger partial charge in [0, 0.05) is 0 Å². The van der Waals surface area contributed by atoms with Gasteiger partial charge in [-0.1, -0.05) is 31.9 Å². The van der Waals surface area contributed by atoms with Crippen LogP contribution in [0.3, 0.4) is 0 Å². The molecule has 1 N–H and O–H groups in total. The number of hydrogen-bond donors (Lipinski definition) is 1. The molecular weight excluding hydrogens is 228 g/mol. The van der Waals surface area contributed by atoms with Crippen LogP contribution in [0.2, 0.25) is 0 Å². The van der Waals surface area contributed by atoms with Gasteiger partial charge in [-0.25, -0.2) is 0 Å². The van der Waals surface area contributed by atoms with Crippen molar-refractivity contribution in [3.8, 4) is 5.75 Å². The van der Waals surface area contributed by atoms with Crippen molar-refractivity contribution in [2.45, 2.75) is 45.1 Å². The third-order valence-electron chi connectivity index (χ3n) is 3.54. The summed E-state index contributed by atoms with van der Waals surface area (Å²) in [6.45, 7) is 2.13. The maximum atomic E-state index is 11.9. The summed E-state index contributed by atoms with van der Waals surface area (Å²) in [7, 11) is 0. The molecule has 0 amide bonds. The number of esters is 1. The lowest BCUT2D eigenvalue weighted by Gasteiger charge is -2.28. The van der Waals surface area contributed by atoms with Gasteiger partial charge in [-0.2, -0.15) is 0 Å². The van der Waals surface area contributed by atoms with Gasteiger partial charge in [0.05, 0.1) is 5.92 Å². The van der Waals surface area contributed by atoms with Crippen molar-refractivity contribution >= 4 is 5.97 Å². The molecule has 3 heteroatoms. The zero-order chi connectivity index (χ0) is 13.0. The molecule has 18 heavy (non-hydrogen) atoms. The van der Waals surface area contributed by atoms with Gasteiger partial charge in [0.1, 0.15) is 11.9 Å². The first kappa shape index (κ1) is 12.9. The number of ether oxygens (including phenoxy) is 1. The van der Waals surface area contributed by atoms with Gasteiger partial charge < -0.3 is 9.84 Å². The van der Waals surface area contributed by atoms with Crippen LogP contribution in [-0.4, -0.2) is 11.1 Å². The quantitative estimate of drug-likeness (QED) is 0.828. The molecular formula is C15H20O3. The van der Waals surface area contributed by atoms with E-state index in [1.807, 2.05) is 12.1 Å². The highest BCUT2D eigenvalue weighted by Gasteiger charge is 2.30. The average Bonchev–Trinajstić information content (AvgIpc) is 2.38. The molecule has 0 spiro atoms. The number of rotatable bonds is 4. The standard InChI is InChI=1S/C15H20O3/c1-2-3-4-12-7-10-14(18-15(12)17)11-5-8-13(16)9-6-11/h5-6,8-9,12,14,16H,2-4,7,10H2,1H3/t12-,14+/m1/s1. The van der Waals surface area contributed by atoms with E-state index in [1.54, 1.807) is 12.1 Å². The number of phenols is 1. The number of benzene rings is 1. The molecule has 0 saturated carbocycles. The van der Waals surface area contributed by atoms with Crippen molar-refractivity contribution in [2.75, 3.05) is 0 Å². The van der Waals surface area contributed by atoms with Crippen molar-refractivity contribution in [2.24, 2.45) is 5.92 Å². The van der Waals surface area contributed by atoms with Crippen molar-refractivity contribution in [3.05, 3.63) is 29.8 Å². The van der Waals surface area contributed by atoms with Crippen LogP contribution in [0.15, 0.2) is 24.3 Å². The second-order valence-electron chi connectivity index (χ2n) is 4.93. The fourth-order valence-electron chi connectivity index (χ4n) is 2.40. The normalized spacial score (nSPS) is 23.7. The van der Waals surface area contributed by atoms with Crippen LogP contribution in [-0.2, 0) is 9.53 Å². The first-order chi connectivity index (χ1) is 8.70. The van der Waals surface area contributed by atoms with E-state index in [-0.39, 0.29) is 23.7 Å². The van der Waals surface area contributed by atoms with Gasteiger partial charge in [0.25, 0.3) is 0 Å². The number of aromatic hydroxyl groups is 1. The molecule has 1 aliphatic heterocycles. The van der Waals surface area contributed by atoms with E-state index in [2.05, 4.69) is 6.92 Å². The summed E-state index contributed by atoms with van der Waals surface area (Å²) >= 11 is 0. The van der Waals surface area contributed by atoms with Crippen molar-refractivity contribution < 1.29 is 14.6 Å². The predicted octanol–water partition coefficient (Wildman–Crippen LogP) is 3.58. The molecule has 0 aromatic heterocycles. The third-order valence-corrected chi connectivity index (χ3v) is 3.54. The van der Waals surface area contributed by atoms with E-state index < -0.39 is 0 Å². The topological polar surface area (TPSA) is 46.5 Å². The molecule has 1 aromatic carbocycles. The van der Waals surface area contributed by atoms with Crippen LogP contribution in [0.25, 0.3) is 0 Å². The molecule has 2 rings (SSSR count). The molecule has 0 unspecified atom stereocenters. The van der Waals surface area contributed by atoms with Gasteiger partial charge in [0.2, 0.25) is 0 Å². The van der Waals surface area contributed by atoms with E-state index in [0.717, 1.165) is 37.7 Å². The summed E-state index contributed by atoms with van der Waals surface area (Å²) in [4.78, 5) is 11.9. The van der Waals surface area contributed by atoms with Gasteiger partial charge in [-0.15, -0.1) is 0 Å². The Morgan fingerprint density at radius 1 is 1.28 bits per heavy atom. The molecule has 0 bridgehead atoms. The second kappa shape index (κ2) is 5.89. The number of hydrogen-bond acceptors (Lipinski definition) is 3. The largest absolute Gasteiger partial charge is 0.508 e. The number of cyclic esters (lactones) is 1. The van der Waals surface area contributed by atoms with Crippen LogP contribution in [0.1, 0.15) is 50.7 Å². The molecule has 0 aliphatic carbocycles. The highest BCUT2D eigenvalue weighted by atomic mass is 16.5. The highest BCUT2D eigenvalue weighted by molar-refractivity contribution is 5.73. The van der Waals surface area contributed by atoms with Crippen molar-refractivity contribution in [1.82, 2.24) is 0 Å². The van der Waals surface area contributed by atoms with E-state index in [1.165, 1.54) is 0 Å². The summed E-state index contributed by atoms with van der Waals surface area (Å²) in [6, 6.07) is 6.90. The van der Waals surface area contributed by atoms with Crippen LogP contribution < -0.4 is 0 Å². The molecule has 1 aliphatic rings. The number of carbonyl (C=O) groups excluding carboxylic acids is 1. The molecule has 0 radical (unpaired) electrons. The Kier molecular flexibility index (Phi) is 4.24.